The third-order valence-electron chi connectivity index (χ3n) is 4.88. The van der Waals surface area contributed by atoms with Gasteiger partial charge in [-0.1, -0.05) is 0 Å². The van der Waals surface area contributed by atoms with Crippen LogP contribution in [0, 0.1) is 6.92 Å². The molecule has 0 atom stereocenters. The fraction of sp³-hybridized carbons (Fsp3) is 0.474. The van der Waals surface area contributed by atoms with Gasteiger partial charge in [0.2, 0.25) is 5.92 Å². The lowest BCUT2D eigenvalue weighted by Gasteiger charge is -2.29. The van der Waals surface area contributed by atoms with Gasteiger partial charge >= 0.3 is 0 Å². The van der Waals surface area contributed by atoms with E-state index in [9.17, 15) is 8.78 Å². The largest absolute Gasteiger partial charge is 0.485 e. The highest BCUT2D eigenvalue weighted by atomic mass is 32.1. The molecule has 0 aliphatic heterocycles. The second kappa shape index (κ2) is 8.02. The molecule has 10 heteroatoms. The van der Waals surface area contributed by atoms with Gasteiger partial charge in [-0.05, 0) is 19.8 Å². The fourth-order valence-electron chi connectivity index (χ4n) is 3.24. The number of ether oxygens (including phenoxy) is 1. The smallest absolute Gasteiger partial charge is 0.248 e. The number of nitrogens with one attached hydrogen (secondary N) is 1. The van der Waals surface area contributed by atoms with E-state index in [-0.39, 0.29) is 25.5 Å². The molecule has 0 saturated heterocycles. The Balaban J connectivity index is 1.55. The second-order valence-corrected chi connectivity index (χ2v) is 8.09. The predicted molar refractivity (Wildman–Crippen MR) is 106 cm³/mol. The zero-order valence-corrected chi connectivity index (χ0v) is 17.0. The first-order valence-electron chi connectivity index (χ1n) is 9.43. The van der Waals surface area contributed by atoms with Crippen molar-refractivity contribution in [2.45, 2.75) is 51.2 Å². The zero-order chi connectivity index (χ0) is 20.4. The van der Waals surface area contributed by atoms with Gasteiger partial charge in [0, 0.05) is 49.1 Å². The number of thiazole rings is 1. The molecule has 29 heavy (non-hydrogen) atoms. The van der Waals surface area contributed by atoms with E-state index in [1.54, 1.807) is 17.8 Å². The zero-order valence-electron chi connectivity index (χ0n) is 16.2. The first-order chi connectivity index (χ1) is 13.9. The molecule has 3 aromatic heterocycles. The van der Waals surface area contributed by atoms with Crippen LogP contribution in [-0.4, -0.2) is 36.7 Å². The fourth-order valence-corrected chi connectivity index (χ4v) is 3.99. The quantitative estimate of drug-likeness (QED) is 0.644. The van der Waals surface area contributed by atoms with Crippen molar-refractivity contribution in [1.29, 1.82) is 0 Å². The standard InChI is InChI=1S/C19H22F2N6OS/c1-12-10-29-18(24-12)15-7-14(28-9-17-22-11-23-27(17)2)8-16(26-15)25-13-3-5-19(20,21)6-4-13/h7-8,10-11,13H,3-6,9H2,1-2H3,(H,25,26). The lowest BCUT2D eigenvalue weighted by Crippen LogP contribution is -2.32. The number of hydrogen-bond donors (Lipinski definition) is 1. The molecule has 0 aromatic carbocycles. The molecule has 154 valence electrons. The van der Waals surface area contributed by atoms with E-state index >= 15 is 0 Å². The van der Waals surface area contributed by atoms with E-state index < -0.39 is 5.92 Å². The molecule has 7 nitrogen and oxygen atoms in total. The summed E-state index contributed by atoms with van der Waals surface area (Å²) in [4.78, 5) is 13.3. The van der Waals surface area contributed by atoms with E-state index in [1.807, 2.05) is 18.4 Å². The predicted octanol–water partition coefficient (Wildman–Crippen LogP) is 4.21. The van der Waals surface area contributed by atoms with Gasteiger partial charge in [-0.2, -0.15) is 5.10 Å². The summed E-state index contributed by atoms with van der Waals surface area (Å²) in [5.74, 6) is -0.665. The van der Waals surface area contributed by atoms with Crippen LogP contribution in [0.25, 0.3) is 10.7 Å². The van der Waals surface area contributed by atoms with E-state index in [4.69, 9.17) is 4.74 Å². The van der Waals surface area contributed by atoms with Gasteiger partial charge in [0.05, 0.1) is 0 Å². The molecular formula is C19H22F2N6OS. The molecule has 0 bridgehead atoms. The van der Waals surface area contributed by atoms with Gasteiger partial charge in [-0.3, -0.25) is 4.68 Å². The Bertz CT molecular complexity index is 979. The summed E-state index contributed by atoms with van der Waals surface area (Å²) >= 11 is 1.50. The molecule has 1 fully saturated rings. The van der Waals surface area contributed by atoms with Gasteiger partial charge in [-0.15, -0.1) is 11.3 Å². The van der Waals surface area contributed by atoms with Gasteiger partial charge in [0.25, 0.3) is 0 Å². The van der Waals surface area contributed by atoms with Crippen molar-refractivity contribution in [3.05, 3.63) is 35.4 Å². The molecule has 1 saturated carbocycles. The van der Waals surface area contributed by atoms with Crippen LogP contribution in [0.2, 0.25) is 0 Å². The number of anilines is 1. The molecule has 3 heterocycles. The minimum Gasteiger partial charge on any atom is -0.485 e. The third kappa shape index (κ3) is 4.87. The van der Waals surface area contributed by atoms with Crippen LogP contribution in [0.1, 0.15) is 37.2 Å². The number of aryl methyl sites for hydroxylation is 2. The van der Waals surface area contributed by atoms with Gasteiger partial charge in [0.1, 0.15) is 35.2 Å². The number of aromatic nitrogens is 5. The number of nitrogens with zero attached hydrogens (tertiary/aromatic N) is 5. The van der Waals surface area contributed by atoms with E-state index in [1.165, 1.54) is 17.7 Å². The molecule has 0 unspecified atom stereocenters. The van der Waals surface area contributed by atoms with Crippen LogP contribution in [0.3, 0.4) is 0 Å². The maximum Gasteiger partial charge on any atom is 0.248 e. The normalized spacial score (nSPS) is 16.7. The molecule has 4 rings (SSSR count). The van der Waals surface area contributed by atoms with Crippen LogP contribution in [0.5, 0.6) is 5.75 Å². The molecule has 1 aliphatic carbocycles. The number of rotatable bonds is 6. The van der Waals surface area contributed by atoms with Crippen molar-refractivity contribution in [1.82, 2.24) is 24.7 Å². The second-order valence-electron chi connectivity index (χ2n) is 7.23. The summed E-state index contributed by atoms with van der Waals surface area (Å²) in [6, 6.07) is 3.57. The van der Waals surface area contributed by atoms with Crippen molar-refractivity contribution >= 4 is 17.2 Å². The minimum atomic E-state index is -2.56. The van der Waals surface area contributed by atoms with Crippen LogP contribution in [0.4, 0.5) is 14.6 Å². The third-order valence-corrected chi connectivity index (χ3v) is 5.86. The van der Waals surface area contributed by atoms with Crippen LogP contribution < -0.4 is 10.1 Å². The molecule has 0 amide bonds. The molecular weight excluding hydrogens is 398 g/mol. The lowest BCUT2D eigenvalue weighted by molar-refractivity contribution is -0.0361. The van der Waals surface area contributed by atoms with Gasteiger partial charge in [0.15, 0.2) is 5.82 Å². The number of hydrogen-bond acceptors (Lipinski definition) is 7. The average molecular weight is 420 g/mol. The van der Waals surface area contributed by atoms with Gasteiger partial charge < -0.3 is 10.1 Å². The van der Waals surface area contributed by atoms with Crippen molar-refractivity contribution in [2.75, 3.05) is 5.32 Å². The Hall–Kier alpha value is -2.62. The summed E-state index contributed by atoms with van der Waals surface area (Å²) in [5, 5.41) is 10.1. The first-order valence-corrected chi connectivity index (χ1v) is 10.3. The average Bonchev–Trinajstić information content (AvgIpc) is 3.30. The SMILES string of the molecule is Cc1csc(-c2cc(OCc3ncnn3C)cc(NC3CCC(F)(F)CC3)n2)n1. The summed E-state index contributed by atoms with van der Waals surface area (Å²) in [6.45, 7) is 2.18. The lowest BCUT2D eigenvalue weighted by atomic mass is 9.92. The summed E-state index contributed by atoms with van der Waals surface area (Å²) < 4.78 is 34.5. The van der Waals surface area contributed by atoms with Crippen LogP contribution in [-0.2, 0) is 13.7 Å². The van der Waals surface area contributed by atoms with Crippen molar-refractivity contribution in [3.8, 4) is 16.5 Å². The number of halogens is 2. The number of alkyl halides is 2. The van der Waals surface area contributed by atoms with Gasteiger partial charge in [-0.25, -0.2) is 23.7 Å². The van der Waals surface area contributed by atoms with E-state index in [2.05, 4.69) is 25.4 Å². The minimum absolute atomic E-state index is 0.0398. The Labute approximate surface area is 171 Å². The van der Waals surface area contributed by atoms with Crippen molar-refractivity contribution in [2.24, 2.45) is 7.05 Å². The molecule has 0 radical (unpaired) electrons. The monoisotopic (exact) mass is 420 g/mol. The van der Waals surface area contributed by atoms with Crippen molar-refractivity contribution < 1.29 is 13.5 Å². The number of pyridine rings is 1. The molecule has 1 N–H and O–H groups in total. The molecule has 3 aromatic rings. The topological polar surface area (TPSA) is 77.8 Å². The summed E-state index contributed by atoms with van der Waals surface area (Å²) in [7, 11) is 1.80. The molecule has 1 aliphatic rings. The van der Waals surface area contributed by atoms with Crippen molar-refractivity contribution in [3.63, 3.8) is 0 Å². The molecule has 0 spiro atoms. The van der Waals surface area contributed by atoms with E-state index in [0.29, 0.717) is 35.9 Å². The highest BCUT2D eigenvalue weighted by Gasteiger charge is 2.35. The highest BCUT2D eigenvalue weighted by Crippen LogP contribution is 2.35. The Morgan fingerprint density at radius 1 is 1.28 bits per heavy atom. The Kier molecular flexibility index (Phi) is 5.44. The highest BCUT2D eigenvalue weighted by molar-refractivity contribution is 7.13. The Morgan fingerprint density at radius 3 is 2.72 bits per heavy atom. The van der Waals surface area contributed by atoms with Crippen LogP contribution in [0.15, 0.2) is 23.8 Å². The summed E-state index contributed by atoms with van der Waals surface area (Å²) in [6.07, 6.45) is 2.08. The Morgan fingerprint density at radius 2 is 2.07 bits per heavy atom. The maximum absolute atomic E-state index is 13.5. The summed E-state index contributed by atoms with van der Waals surface area (Å²) in [5.41, 5.74) is 1.60. The first kappa shape index (κ1) is 19.7. The maximum atomic E-state index is 13.5. The van der Waals surface area contributed by atoms with Crippen LogP contribution >= 0.6 is 11.3 Å². The van der Waals surface area contributed by atoms with E-state index in [0.717, 1.165) is 10.7 Å².